The molecule has 0 spiro atoms. The van der Waals surface area contributed by atoms with Gasteiger partial charge in [-0.3, -0.25) is 0 Å². The van der Waals surface area contributed by atoms with Crippen LogP contribution in [0.25, 0.3) is 11.1 Å². The molecule has 0 saturated carbocycles. The highest BCUT2D eigenvalue weighted by Gasteiger charge is 2.20. The van der Waals surface area contributed by atoms with Gasteiger partial charge in [-0.2, -0.15) is 10.5 Å². The zero-order valence-corrected chi connectivity index (χ0v) is 16.5. The first-order valence-corrected chi connectivity index (χ1v) is 9.04. The van der Waals surface area contributed by atoms with Gasteiger partial charge in [-0.05, 0) is 42.0 Å². The highest BCUT2D eigenvalue weighted by atomic mass is 79.9. The maximum absolute atomic E-state index is 9.75. The summed E-state index contributed by atoms with van der Waals surface area (Å²) in [5.41, 5.74) is 8.39. The lowest BCUT2D eigenvalue weighted by Gasteiger charge is -2.14. The number of pyridine rings is 1. The van der Waals surface area contributed by atoms with E-state index in [-0.39, 0.29) is 16.9 Å². The SMILES string of the molecule is N#Cc1c(N)nc(Nc2ccc(Br)cc2)c(C#N)c1-c1ccc(Br)cc1. The summed E-state index contributed by atoms with van der Waals surface area (Å²) in [4.78, 5) is 4.24. The third-order valence-electron chi connectivity index (χ3n) is 3.69. The molecule has 7 heteroatoms. The lowest BCUT2D eigenvalue weighted by molar-refractivity contribution is 1.27. The van der Waals surface area contributed by atoms with Crippen molar-refractivity contribution in [3.8, 4) is 23.3 Å². The van der Waals surface area contributed by atoms with Gasteiger partial charge < -0.3 is 11.1 Å². The number of nitrogen functional groups attached to an aromatic ring is 1. The van der Waals surface area contributed by atoms with Crippen LogP contribution in [0, 0.1) is 22.7 Å². The average molecular weight is 469 g/mol. The second-order valence-electron chi connectivity index (χ2n) is 5.33. The maximum Gasteiger partial charge on any atom is 0.151 e. The van der Waals surface area contributed by atoms with Crippen LogP contribution in [0.15, 0.2) is 57.5 Å². The summed E-state index contributed by atoms with van der Waals surface area (Å²) in [7, 11) is 0. The van der Waals surface area contributed by atoms with E-state index in [2.05, 4.69) is 54.3 Å². The molecular formula is C19H11Br2N5. The lowest BCUT2D eigenvalue weighted by atomic mass is 9.96. The van der Waals surface area contributed by atoms with Gasteiger partial charge in [-0.1, -0.05) is 44.0 Å². The van der Waals surface area contributed by atoms with Crippen molar-refractivity contribution in [2.45, 2.75) is 0 Å². The molecule has 126 valence electrons. The molecule has 3 aromatic rings. The zero-order valence-electron chi connectivity index (χ0n) is 13.3. The summed E-state index contributed by atoms with van der Waals surface area (Å²) in [6.45, 7) is 0. The Balaban J connectivity index is 2.21. The molecule has 0 bridgehead atoms. The van der Waals surface area contributed by atoms with Crippen molar-refractivity contribution in [1.82, 2.24) is 4.98 Å². The van der Waals surface area contributed by atoms with E-state index < -0.39 is 0 Å². The van der Waals surface area contributed by atoms with Gasteiger partial charge in [0.05, 0.1) is 0 Å². The van der Waals surface area contributed by atoms with Crippen molar-refractivity contribution in [2.24, 2.45) is 0 Å². The monoisotopic (exact) mass is 467 g/mol. The number of nitrogens with one attached hydrogen (secondary N) is 1. The molecule has 5 nitrogen and oxygen atoms in total. The van der Waals surface area contributed by atoms with Crippen LogP contribution in [0.1, 0.15) is 11.1 Å². The summed E-state index contributed by atoms with van der Waals surface area (Å²) in [5, 5.41) is 22.4. The summed E-state index contributed by atoms with van der Waals surface area (Å²) in [6.07, 6.45) is 0. The minimum absolute atomic E-state index is 0.0732. The van der Waals surface area contributed by atoms with E-state index in [9.17, 15) is 10.5 Å². The first-order valence-electron chi connectivity index (χ1n) is 7.45. The number of nitriles is 2. The van der Waals surface area contributed by atoms with Gasteiger partial charge in [0.2, 0.25) is 0 Å². The van der Waals surface area contributed by atoms with Gasteiger partial charge in [0, 0.05) is 20.2 Å². The molecule has 0 aliphatic rings. The normalized spacial score (nSPS) is 10.0. The van der Waals surface area contributed by atoms with Gasteiger partial charge in [0.15, 0.2) is 5.82 Å². The fraction of sp³-hybridized carbons (Fsp3) is 0. The smallest absolute Gasteiger partial charge is 0.151 e. The maximum atomic E-state index is 9.75. The minimum Gasteiger partial charge on any atom is -0.383 e. The molecule has 1 heterocycles. The Morgan fingerprint density at radius 1 is 0.846 bits per heavy atom. The van der Waals surface area contributed by atoms with E-state index >= 15 is 0 Å². The van der Waals surface area contributed by atoms with E-state index in [1.54, 1.807) is 0 Å². The Morgan fingerprint density at radius 3 is 1.92 bits per heavy atom. The van der Waals surface area contributed by atoms with Crippen molar-refractivity contribution in [3.63, 3.8) is 0 Å². The standard InChI is InChI=1S/C19H11Br2N5/c20-12-3-1-11(2-4-12)17-15(9-22)18(24)26-19(16(17)10-23)25-14-7-5-13(21)6-8-14/h1-8H,(H3,24,25,26). The van der Waals surface area contributed by atoms with E-state index in [1.165, 1.54) is 0 Å². The second kappa shape index (κ2) is 7.57. The van der Waals surface area contributed by atoms with Crippen LogP contribution in [-0.4, -0.2) is 4.98 Å². The number of halogens is 2. The Kier molecular flexibility index (Phi) is 5.22. The first-order chi connectivity index (χ1) is 12.5. The lowest BCUT2D eigenvalue weighted by Crippen LogP contribution is -2.06. The summed E-state index contributed by atoms with van der Waals surface area (Å²) in [5.74, 6) is 0.383. The van der Waals surface area contributed by atoms with Gasteiger partial charge in [0.1, 0.15) is 29.1 Å². The van der Waals surface area contributed by atoms with Crippen molar-refractivity contribution in [2.75, 3.05) is 11.1 Å². The van der Waals surface area contributed by atoms with Crippen LogP contribution in [0.5, 0.6) is 0 Å². The number of hydrogen-bond acceptors (Lipinski definition) is 5. The number of anilines is 3. The average Bonchev–Trinajstić information content (AvgIpc) is 2.64. The van der Waals surface area contributed by atoms with Crippen molar-refractivity contribution < 1.29 is 0 Å². The largest absolute Gasteiger partial charge is 0.383 e. The predicted molar refractivity (Wildman–Crippen MR) is 109 cm³/mol. The number of aromatic nitrogens is 1. The Morgan fingerprint density at radius 2 is 1.38 bits per heavy atom. The van der Waals surface area contributed by atoms with Gasteiger partial charge in [0.25, 0.3) is 0 Å². The molecule has 0 aliphatic heterocycles. The fourth-order valence-corrected chi connectivity index (χ4v) is 3.02. The molecular weight excluding hydrogens is 458 g/mol. The Bertz CT molecular complexity index is 1050. The van der Waals surface area contributed by atoms with E-state index in [0.29, 0.717) is 16.9 Å². The number of nitrogens with zero attached hydrogens (tertiary/aromatic N) is 3. The van der Waals surface area contributed by atoms with Crippen molar-refractivity contribution >= 4 is 49.2 Å². The molecule has 26 heavy (non-hydrogen) atoms. The summed E-state index contributed by atoms with van der Waals surface area (Å²) >= 11 is 6.77. The molecule has 2 aromatic carbocycles. The quantitative estimate of drug-likeness (QED) is 0.540. The van der Waals surface area contributed by atoms with Crippen LogP contribution in [0.2, 0.25) is 0 Å². The third kappa shape index (κ3) is 3.55. The molecule has 0 radical (unpaired) electrons. The van der Waals surface area contributed by atoms with Gasteiger partial charge in [-0.15, -0.1) is 0 Å². The fourth-order valence-electron chi connectivity index (χ4n) is 2.49. The molecule has 1 aromatic heterocycles. The molecule has 3 rings (SSSR count). The predicted octanol–water partition coefficient (Wildman–Crippen LogP) is 5.34. The highest BCUT2D eigenvalue weighted by molar-refractivity contribution is 9.10. The topological polar surface area (TPSA) is 98.5 Å². The molecule has 0 fully saturated rings. The minimum atomic E-state index is 0.0732. The Hall–Kier alpha value is -2.87. The molecule has 3 N–H and O–H groups in total. The molecule has 0 unspecified atom stereocenters. The number of hydrogen-bond donors (Lipinski definition) is 2. The highest BCUT2D eigenvalue weighted by Crippen LogP contribution is 2.35. The third-order valence-corrected chi connectivity index (χ3v) is 4.75. The molecule has 0 atom stereocenters. The molecule has 0 amide bonds. The van der Waals surface area contributed by atoms with Gasteiger partial charge >= 0.3 is 0 Å². The van der Waals surface area contributed by atoms with Crippen molar-refractivity contribution in [3.05, 3.63) is 68.6 Å². The van der Waals surface area contributed by atoms with Crippen molar-refractivity contribution in [1.29, 1.82) is 10.5 Å². The number of benzene rings is 2. The summed E-state index contributed by atoms with van der Waals surface area (Å²) in [6, 6.07) is 19.0. The van der Waals surface area contributed by atoms with Crippen LogP contribution >= 0.6 is 31.9 Å². The Labute approximate surface area is 167 Å². The van der Waals surface area contributed by atoms with Gasteiger partial charge in [-0.25, -0.2) is 4.98 Å². The summed E-state index contributed by atoms with van der Waals surface area (Å²) < 4.78 is 1.83. The van der Waals surface area contributed by atoms with Crippen LogP contribution in [-0.2, 0) is 0 Å². The zero-order chi connectivity index (χ0) is 18.7. The number of rotatable bonds is 3. The van der Waals surface area contributed by atoms with Crippen LogP contribution in [0.3, 0.4) is 0 Å². The molecule has 0 saturated heterocycles. The first kappa shape index (κ1) is 17.9. The van der Waals surface area contributed by atoms with E-state index in [0.717, 1.165) is 14.6 Å². The van der Waals surface area contributed by atoms with E-state index in [1.807, 2.05) is 48.5 Å². The number of nitrogens with two attached hydrogens (primary N) is 1. The van der Waals surface area contributed by atoms with Crippen LogP contribution in [0.4, 0.5) is 17.3 Å². The van der Waals surface area contributed by atoms with E-state index in [4.69, 9.17) is 5.73 Å². The second-order valence-corrected chi connectivity index (χ2v) is 7.16. The van der Waals surface area contributed by atoms with Crippen LogP contribution < -0.4 is 11.1 Å². The molecule has 0 aliphatic carbocycles.